The van der Waals surface area contributed by atoms with Crippen LogP contribution in [-0.4, -0.2) is 49.2 Å². The molecule has 110 valence electrons. The van der Waals surface area contributed by atoms with E-state index < -0.39 is 10.2 Å². The summed E-state index contributed by atoms with van der Waals surface area (Å²) in [6, 6.07) is -0.0469. The van der Waals surface area contributed by atoms with Gasteiger partial charge in [-0.3, -0.25) is 0 Å². The highest BCUT2D eigenvalue weighted by atomic mass is 35.5. The van der Waals surface area contributed by atoms with Gasteiger partial charge >= 0.3 is 0 Å². The van der Waals surface area contributed by atoms with Gasteiger partial charge in [0.1, 0.15) is 0 Å². The molecule has 2 atom stereocenters. The van der Waals surface area contributed by atoms with Crippen molar-refractivity contribution in [1.82, 2.24) is 8.61 Å². The normalized spacial score (nSPS) is 26.1. The molecule has 0 spiro atoms. The predicted octanol–water partition coefficient (Wildman–Crippen LogP) is 1.05. The van der Waals surface area contributed by atoms with Crippen molar-refractivity contribution in [2.24, 2.45) is 11.7 Å². The van der Waals surface area contributed by atoms with Crippen molar-refractivity contribution in [1.29, 1.82) is 0 Å². The first-order valence-electron chi connectivity index (χ1n) is 6.46. The van der Waals surface area contributed by atoms with E-state index in [2.05, 4.69) is 6.92 Å². The zero-order valence-electron chi connectivity index (χ0n) is 11.5. The van der Waals surface area contributed by atoms with E-state index in [-0.39, 0.29) is 18.4 Å². The summed E-state index contributed by atoms with van der Waals surface area (Å²) >= 11 is 0. The summed E-state index contributed by atoms with van der Waals surface area (Å²) in [5, 5.41) is 0. The minimum atomic E-state index is -3.33. The van der Waals surface area contributed by atoms with E-state index in [1.807, 2.05) is 13.8 Å². The highest BCUT2D eigenvalue weighted by Crippen LogP contribution is 2.26. The average molecular weight is 300 g/mol. The molecule has 5 nitrogen and oxygen atoms in total. The van der Waals surface area contributed by atoms with Crippen molar-refractivity contribution >= 4 is 22.6 Å². The summed E-state index contributed by atoms with van der Waals surface area (Å²) in [4.78, 5) is 0. The van der Waals surface area contributed by atoms with E-state index in [9.17, 15) is 8.42 Å². The molecule has 1 aliphatic rings. The monoisotopic (exact) mass is 299 g/mol. The van der Waals surface area contributed by atoms with Crippen molar-refractivity contribution in [3.63, 3.8) is 0 Å². The molecule has 0 aromatic carbocycles. The number of nitrogens with two attached hydrogens (primary N) is 1. The van der Waals surface area contributed by atoms with Crippen molar-refractivity contribution in [3.05, 3.63) is 0 Å². The van der Waals surface area contributed by atoms with E-state index in [0.29, 0.717) is 32.1 Å². The standard InChI is InChI=1S/C11H25N3O2S.ClH/c1-4-13(5-2)17(15,16)14-8-6-7-10(3)11(14)9-12;/h10-11H,4-9,12H2,1-3H3;1H. The van der Waals surface area contributed by atoms with E-state index in [1.54, 1.807) is 4.31 Å². The van der Waals surface area contributed by atoms with E-state index in [1.165, 1.54) is 4.31 Å². The summed E-state index contributed by atoms with van der Waals surface area (Å²) < 4.78 is 28.0. The van der Waals surface area contributed by atoms with E-state index in [4.69, 9.17) is 5.73 Å². The molecule has 7 heteroatoms. The second-order valence-corrected chi connectivity index (χ2v) is 6.51. The third kappa shape index (κ3) is 3.57. The van der Waals surface area contributed by atoms with Crippen LogP contribution < -0.4 is 5.73 Å². The number of rotatable bonds is 5. The molecule has 1 rings (SSSR count). The lowest BCUT2D eigenvalue weighted by Crippen LogP contribution is -2.55. The average Bonchev–Trinajstić information content (AvgIpc) is 2.29. The molecule has 18 heavy (non-hydrogen) atoms. The van der Waals surface area contributed by atoms with E-state index in [0.717, 1.165) is 12.8 Å². The van der Waals surface area contributed by atoms with Crippen LogP contribution in [0.2, 0.25) is 0 Å². The lowest BCUT2D eigenvalue weighted by atomic mass is 9.93. The summed E-state index contributed by atoms with van der Waals surface area (Å²) in [7, 11) is -3.33. The Balaban J connectivity index is 0.00000289. The Morgan fingerprint density at radius 2 is 1.89 bits per heavy atom. The highest BCUT2D eigenvalue weighted by molar-refractivity contribution is 7.86. The smallest absolute Gasteiger partial charge is 0.282 e. The van der Waals surface area contributed by atoms with Crippen LogP contribution in [0.4, 0.5) is 0 Å². The largest absolute Gasteiger partial charge is 0.329 e. The van der Waals surface area contributed by atoms with Crippen molar-refractivity contribution in [2.45, 2.75) is 39.7 Å². The maximum Gasteiger partial charge on any atom is 0.282 e. The minimum Gasteiger partial charge on any atom is -0.329 e. The maximum absolute atomic E-state index is 12.5. The van der Waals surface area contributed by atoms with Crippen molar-refractivity contribution < 1.29 is 8.42 Å². The van der Waals surface area contributed by atoms with Gasteiger partial charge in [0.2, 0.25) is 0 Å². The third-order valence-corrected chi connectivity index (χ3v) is 5.85. The van der Waals surface area contributed by atoms with Crippen molar-refractivity contribution in [3.8, 4) is 0 Å². The molecule has 0 saturated carbocycles. The molecule has 1 heterocycles. The van der Waals surface area contributed by atoms with Crippen LogP contribution in [-0.2, 0) is 10.2 Å². The number of nitrogens with zero attached hydrogens (tertiary/aromatic N) is 2. The topological polar surface area (TPSA) is 66.6 Å². The first-order chi connectivity index (χ1) is 7.98. The van der Waals surface area contributed by atoms with Gasteiger partial charge in [0.15, 0.2) is 0 Å². The Morgan fingerprint density at radius 1 is 1.33 bits per heavy atom. The minimum absolute atomic E-state index is 0. The molecule has 0 aliphatic carbocycles. The first kappa shape index (κ1) is 18.1. The summed E-state index contributed by atoms with van der Waals surface area (Å²) in [6.07, 6.45) is 1.99. The lowest BCUT2D eigenvalue weighted by molar-refractivity contribution is 0.181. The molecular formula is C11H26ClN3O2S. The maximum atomic E-state index is 12.5. The molecule has 0 amide bonds. The molecule has 1 aliphatic heterocycles. The molecule has 1 saturated heterocycles. The lowest BCUT2D eigenvalue weighted by Gasteiger charge is -2.40. The Morgan fingerprint density at radius 3 is 2.33 bits per heavy atom. The van der Waals surface area contributed by atoms with Crippen LogP contribution in [0.3, 0.4) is 0 Å². The van der Waals surface area contributed by atoms with Gasteiger partial charge in [-0.15, -0.1) is 12.4 Å². The van der Waals surface area contributed by atoms with Crippen LogP contribution in [0.25, 0.3) is 0 Å². The molecule has 0 aromatic rings. The van der Waals surface area contributed by atoms with Gasteiger partial charge < -0.3 is 5.73 Å². The van der Waals surface area contributed by atoms with Crippen LogP contribution in [0, 0.1) is 5.92 Å². The molecule has 0 bridgehead atoms. The molecule has 0 aromatic heterocycles. The van der Waals surface area contributed by atoms with Gasteiger partial charge in [-0.1, -0.05) is 20.8 Å². The zero-order chi connectivity index (χ0) is 13.1. The SMILES string of the molecule is CCN(CC)S(=O)(=O)N1CCCC(C)C1CN.Cl. The van der Waals surface area contributed by atoms with Gasteiger partial charge in [-0.05, 0) is 18.8 Å². The Bertz CT molecular complexity index is 333. The molecular weight excluding hydrogens is 274 g/mol. The van der Waals surface area contributed by atoms with Gasteiger partial charge in [0.25, 0.3) is 10.2 Å². The van der Waals surface area contributed by atoms with Crippen LogP contribution in [0.1, 0.15) is 33.6 Å². The number of hydrogen-bond acceptors (Lipinski definition) is 3. The molecule has 0 radical (unpaired) electrons. The zero-order valence-corrected chi connectivity index (χ0v) is 13.1. The predicted molar refractivity (Wildman–Crippen MR) is 77.0 cm³/mol. The van der Waals surface area contributed by atoms with Crippen LogP contribution in [0.15, 0.2) is 0 Å². The molecule has 1 fully saturated rings. The Kier molecular flexibility index (Phi) is 7.70. The fourth-order valence-electron chi connectivity index (χ4n) is 2.55. The molecule has 2 N–H and O–H groups in total. The highest BCUT2D eigenvalue weighted by Gasteiger charge is 2.37. The third-order valence-electron chi connectivity index (χ3n) is 3.63. The van der Waals surface area contributed by atoms with Gasteiger partial charge in [-0.25, -0.2) is 0 Å². The molecule has 2 unspecified atom stereocenters. The van der Waals surface area contributed by atoms with Crippen LogP contribution in [0.5, 0.6) is 0 Å². The quantitative estimate of drug-likeness (QED) is 0.825. The fraction of sp³-hybridized carbons (Fsp3) is 1.00. The van der Waals surface area contributed by atoms with E-state index >= 15 is 0 Å². The van der Waals surface area contributed by atoms with Gasteiger partial charge in [0, 0.05) is 32.2 Å². The fourth-order valence-corrected chi connectivity index (χ4v) is 4.49. The van der Waals surface area contributed by atoms with Crippen LogP contribution >= 0.6 is 12.4 Å². The number of halogens is 1. The summed E-state index contributed by atoms with van der Waals surface area (Å²) in [5.41, 5.74) is 5.74. The van der Waals surface area contributed by atoms with Gasteiger partial charge in [-0.2, -0.15) is 17.0 Å². The first-order valence-corrected chi connectivity index (χ1v) is 7.85. The second-order valence-electron chi connectivity index (χ2n) is 4.63. The van der Waals surface area contributed by atoms with Gasteiger partial charge in [0.05, 0.1) is 0 Å². The second kappa shape index (κ2) is 7.65. The number of piperidine rings is 1. The summed E-state index contributed by atoms with van der Waals surface area (Å²) in [5.74, 6) is 0.346. The number of hydrogen-bond donors (Lipinski definition) is 1. The summed E-state index contributed by atoms with van der Waals surface area (Å²) in [6.45, 7) is 7.86. The van der Waals surface area contributed by atoms with Crippen molar-refractivity contribution in [2.75, 3.05) is 26.2 Å². The Labute approximate surface area is 117 Å². The Hall–Kier alpha value is 0.120.